The van der Waals surface area contributed by atoms with Crippen molar-refractivity contribution in [1.82, 2.24) is 4.98 Å². The van der Waals surface area contributed by atoms with Gasteiger partial charge in [-0.15, -0.1) is 0 Å². The summed E-state index contributed by atoms with van der Waals surface area (Å²) < 4.78 is 1.08. The molecular weight excluding hydrogens is 222 g/mol. The average Bonchev–Trinajstić information content (AvgIpc) is 2.68. The molecule has 1 amide bonds. The van der Waals surface area contributed by atoms with Gasteiger partial charge in [0, 0.05) is 6.42 Å². The van der Waals surface area contributed by atoms with Crippen molar-refractivity contribution < 1.29 is 4.79 Å². The molecule has 16 heavy (non-hydrogen) atoms. The van der Waals surface area contributed by atoms with Crippen LogP contribution >= 0.6 is 11.3 Å². The summed E-state index contributed by atoms with van der Waals surface area (Å²) in [4.78, 5) is 15.8. The minimum absolute atomic E-state index is 0.0236. The molecule has 84 valence electrons. The quantitative estimate of drug-likeness (QED) is 0.851. The van der Waals surface area contributed by atoms with Gasteiger partial charge >= 0.3 is 0 Å². The summed E-state index contributed by atoms with van der Waals surface area (Å²) in [6, 6.07) is 7.81. The number of benzene rings is 1. The maximum Gasteiger partial charge on any atom is 0.226 e. The van der Waals surface area contributed by atoms with Crippen LogP contribution < -0.4 is 11.1 Å². The topological polar surface area (TPSA) is 68.0 Å². The SMILES string of the molecule is NCCCC(=O)Nc1nc2ccccc2s1. The maximum atomic E-state index is 11.4. The number of nitrogens with two attached hydrogens (primary N) is 1. The monoisotopic (exact) mass is 235 g/mol. The lowest BCUT2D eigenvalue weighted by Crippen LogP contribution is -2.13. The Bertz CT molecular complexity index is 462. The molecule has 0 fully saturated rings. The predicted octanol–water partition coefficient (Wildman–Crippen LogP) is 1.97. The van der Waals surface area contributed by atoms with E-state index in [4.69, 9.17) is 5.73 Å². The lowest BCUT2D eigenvalue weighted by atomic mass is 10.3. The van der Waals surface area contributed by atoms with E-state index in [1.54, 1.807) is 0 Å². The zero-order chi connectivity index (χ0) is 11.4. The second-order valence-corrected chi connectivity index (χ2v) is 4.46. The van der Waals surface area contributed by atoms with Gasteiger partial charge < -0.3 is 11.1 Å². The molecule has 3 N–H and O–H groups in total. The molecule has 0 atom stereocenters. The molecule has 0 saturated carbocycles. The van der Waals surface area contributed by atoms with Crippen molar-refractivity contribution in [2.45, 2.75) is 12.8 Å². The molecule has 1 heterocycles. The Hall–Kier alpha value is -1.46. The fourth-order valence-corrected chi connectivity index (χ4v) is 2.25. The zero-order valence-electron chi connectivity index (χ0n) is 8.77. The fourth-order valence-electron chi connectivity index (χ4n) is 1.37. The molecule has 4 nitrogen and oxygen atoms in total. The maximum absolute atomic E-state index is 11.4. The molecule has 0 spiro atoms. The number of rotatable bonds is 4. The molecule has 0 aliphatic carbocycles. The number of para-hydroxylation sites is 1. The third-order valence-electron chi connectivity index (χ3n) is 2.15. The third-order valence-corrected chi connectivity index (χ3v) is 3.10. The summed E-state index contributed by atoms with van der Waals surface area (Å²) in [5.41, 5.74) is 6.26. The first-order chi connectivity index (χ1) is 7.79. The highest BCUT2D eigenvalue weighted by atomic mass is 32.1. The van der Waals surface area contributed by atoms with Crippen LogP contribution in [-0.4, -0.2) is 17.4 Å². The highest BCUT2D eigenvalue weighted by molar-refractivity contribution is 7.22. The number of nitrogens with zero attached hydrogens (tertiary/aromatic N) is 1. The molecule has 0 saturated heterocycles. The number of aromatic nitrogens is 1. The molecule has 0 unspecified atom stereocenters. The first kappa shape index (κ1) is 11.0. The van der Waals surface area contributed by atoms with Crippen LogP contribution in [0.3, 0.4) is 0 Å². The van der Waals surface area contributed by atoms with E-state index in [9.17, 15) is 4.79 Å². The Morgan fingerprint density at radius 3 is 3.00 bits per heavy atom. The van der Waals surface area contributed by atoms with Crippen molar-refractivity contribution in [3.8, 4) is 0 Å². The second-order valence-electron chi connectivity index (χ2n) is 3.43. The predicted molar refractivity (Wildman–Crippen MR) is 66.5 cm³/mol. The van der Waals surface area contributed by atoms with Gasteiger partial charge in [-0.25, -0.2) is 4.98 Å². The van der Waals surface area contributed by atoms with Gasteiger partial charge in [-0.05, 0) is 25.1 Å². The summed E-state index contributed by atoms with van der Waals surface area (Å²) >= 11 is 1.48. The number of carbonyl (C=O) groups is 1. The highest BCUT2D eigenvalue weighted by Gasteiger charge is 2.06. The molecule has 2 rings (SSSR count). The van der Waals surface area contributed by atoms with Crippen molar-refractivity contribution in [3.05, 3.63) is 24.3 Å². The smallest absolute Gasteiger partial charge is 0.226 e. The van der Waals surface area contributed by atoms with Gasteiger partial charge in [0.05, 0.1) is 10.2 Å². The van der Waals surface area contributed by atoms with Crippen molar-refractivity contribution in [1.29, 1.82) is 0 Å². The molecule has 1 aromatic heterocycles. The minimum Gasteiger partial charge on any atom is -0.330 e. The zero-order valence-corrected chi connectivity index (χ0v) is 9.59. The third kappa shape index (κ3) is 2.56. The molecule has 0 aliphatic rings. The van der Waals surface area contributed by atoms with Gasteiger partial charge in [0.15, 0.2) is 5.13 Å². The van der Waals surface area contributed by atoms with Crippen LogP contribution in [-0.2, 0) is 4.79 Å². The summed E-state index contributed by atoms with van der Waals surface area (Å²) in [6.07, 6.45) is 1.16. The molecule has 1 aromatic carbocycles. The Morgan fingerprint density at radius 2 is 2.25 bits per heavy atom. The number of amides is 1. The van der Waals surface area contributed by atoms with Crippen LogP contribution in [0.4, 0.5) is 5.13 Å². The number of fused-ring (bicyclic) bond motifs is 1. The molecular formula is C11H13N3OS. The average molecular weight is 235 g/mol. The van der Waals surface area contributed by atoms with Gasteiger partial charge in [-0.1, -0.05) is 23.5 Å². The fraction of sp³-hybridized carbons (Fsp3) is 0.273. The number of anilines is 1. The van der Waals surface area contributed by atoms with E-state index >= 15 is 0 Å². The Morgan fingerprint density at radius 1 is 1.44 bits per heavy atom. The van der Waals surface area contributed by atoms with Crippen LogP contribution in [0.1, 0.15) is 12.8 Å². The summed E-state index contributed by atoms with van der Waals surface area (Å²) in [5.74, 6) is -0.0236. The summed E-state index contributed by atoms with van der Waals surface area (Å²) in [5, 5.41) is 3.43. The lowest BCUT2D eigenvalue weighted by Gasteiger charge is -1.98. The van der Waals surface area contributed by atoms with Gasteiger partial charge in [0.25, 0.3) is 0 Å². The van der Waals surface area contributed by atoms with E-state index < -0.39 is 0 Å². The van der Waals surface area contributed by atoms with Gasteiger partial charge in [0.1, 0.15) is 0 Å². The van der Waals surface area contributed by atoms with Gasteiger partial charge in [-0.3, -0.25) is 4.79 Å². The van der Waals surface area contributed by atoms with E-state index in [-0.39, 0.29) is 5.91 Å². The standard InChI is InChI=1S/C11H13N3OS/c12-7-3-6-10(15)14-11-13-8-4-1-2-5-9(8)16-11/h1-2,4-5H,3,6-7,12H2,(H,13,14,15). The van der Waals surface area contributed by atoms with E-state index in [1.165, 1.54) is 11.3 Å². The van der Waals surface area contributed by atoms with Crippen LogP contribution in [0.25, 0.3) is 10.2 Å². The van der Waals surface area contributed by atoms with Crippen molar-refractivity contribution >= 4 is 32.6 Å². The molecule has 5 heteroatoms. The largest absolute Gasteiger partial charge is 0.330 e. The highest BCUT2D eigenvalue weighted by Crippen LogP contribution is 2.25. The van der Waals surface area contributed by atoms with Crippen molar-refractivity contribution in [3.63, 3.8) is 0 Å². The van der Waals surface area contributed by atoms with E-state index in [0.29, 0.717) is 24.5 Å². The molecule has 0 bridgehead atoms. The summed E-state index contributed by atoms with van der Waals surface area (Å²) in [7, 11) is 0. The van der Waals surface area contributed by atoms with E-state index in [1.807, 2.05) is 24.3 Å². The Labute approximate surface area is 97.5 Å². The molecule has 0 aliphatic heterocycles. The first-order valence-electron chi connectivity index (χ1n) is 5.15. The number of thiazole rings is 1. The van der Waals surface area contributed by atoms with Crippen LogP contribution in [0.5, 0.6) is 0 Å². The minimum atomic E-state index is -0.0236. The second kappa shape index (κ2) is 5.05. The van der Waals surface area contributed by atoms with E-state index in [0.717, 1.165) is 10.2 Å². The number of carbonyl (C=O) groups excluding carboxylic acids is 1. The molecule has 2 aromatic rings. The Kier molecular flexibility index (Phi) is 3.48. The van der Waals surface area contributed by atoms with Crippen LogP contribution in [0.2, 0.25) is 0 Å². The lowest BCUT2D eigenvalue weighted by molar-refractivity contribution is -0.116. The first-order valence-corrected chi connectivity index (χ1v) is 5.97. The number of nitrogens with one attached hydrogen (secondary N) is 1. The van der Waals surface area contributed by atoms with Crippen molar-refractivity contribution in [2.75, 3.05) is 11.9 Å². The van der Waals surface area contributed by atoms with E-state index in [2.05, 4.69) is 10.3 Å². The van der Waals surface area contributed by atoms with Crippen LogP contribution in [0.15, 0.2) is 24.3 Å². The molecule has 0 radical (unpaired) electrons. The van der Waals surface area contributed by atoms with Crippen molar-refractivity contribution in [2.24, 2.45) is 5.73 Å². The van der Waals surface area contributed by atoms with Gasteiger partial charge in [0.2, 0.25) is 5.91 Å². The number of hydrogen-bond donors (Lipinski definition) is 2. The van der Waals surface area contributed by atoms with Gasteiger partial charge in [-0.2, -0.15) is 0 Å². The normalized spacial score (nSPS) is 10.6. The van der Waals surface area contributed by atoms with Crippen LogP contribution in [0, 0.1) is 0 Å². The number of hydrogen-bond acceptors (Lipinski definition) is 4. The Balaban J connectivity index is 2.07. The summed E-state index contributed by atoms with van der Waals surface area (Å²) in [6.45, 7) is 0.535.